The number of aromatic nitrogens is 5. The molecule has 0 bridgehead atoms. The highest BCUT2D eigenvalue weighted by Crippen LogP contribution is 2.03. The molecule has 2 rings (SSSR count). The average molecular weight is 264 g/mol. The van der Waals surface area contributed by atoms with Crippen LogP contribution in [-0.2, 0) is 19.5 Å². The van der Waals surface area contributed by atoms with Crippen molar-refractivity contribution < 1.29 is 4.42 Å². The first kappa shape index (κ1) is 13.7. The lowest BCUT2D eigenvalue weighted by molar-refractivity contribution is 0.430. The molecular formula is C12H20N6O. The van der Waals surface area contributed by atoms with Gasteiger partial charge in [0.2, 0.25) is 11.8 Å². The maximum absolute atomic E-state index is 5.43. The molecule has 104 valence electrons. The molecule has 2 heterocycles. The van der Waals surface area contributed by atoms with Crippen molar-refractivity contribution >= 4 is 0 Å². The van der Waals surface area contributed by atoms with Crippen LogP contribution in [0.15, 0.2) is 10.6 Å². The standard InChI is InChI=1S/C12H20N6O/c1-4-11-15-16-12(19-11)8-18-7-10(14-17-18)6-13-5-9(2)3/h7,9,13H,4-6,8H2,1-3H3. The second kappa shape index (κ2) is 6.42. The summed E-state index contributed by atoms with van der Waals surface area (Å²) >= 11 is 0. The summed E-state index contributed by atoms with van der Waals surface area (Å²) < 4.78 is 7.14. The van der Waals surface area contributed by atoms with Crippen LogP contribution in [0.25, 0.3) is 0 Å². The molecule has 0 aliphatic rings. The molecule has 1 N–H and O–H groups in total. The van der Waals surface area contributed by atoms with Crippen LogP contribution in [0.2, 0.25) is 0 Å². The first-order valence-corrected chi connectivity index (χ1v) is 6.58. The number of nitrogens with zero attached hydrogens (tertiary/aromatic N) is 5. The van der Waals surface area contributed by atoms with Crippen LogP contribution < -0.4 is 5.32 Å². The molecule has 0 saturated heterocycles. The Hall–Kier alpha value is -1.76. The van der Waals surface area contributed by atoms with Crippen LogP contribution >= 0.6 is 0 Å². The fourth-order valence-electron chi connectivity index (χ4n) is 1.62. The molecule has 0 aliphatic carbocycles. The van der Waals surface area contributed by atoms with Crippen molar-refractivity contribution in [3.05, 3.63) is 23.7 Å². The number of hydrogen-bond acceptors (Lipinski definition) is 6. The maximum Gasteiger partial charge on any atom is 0.237 e. The predicted octanol–water partition coefficient (Wildman–Crippen LogP) is 1.02. The van der Waals surface area contributed by atoms with Crippen molar-refractivity contribution in [1.29, 1.82) is 0 Å². The summed E-state index contributed by atoms with van der Waals surface area (Å²) in [7, 11) is 0. The van der Waals surface area contributed by atoms with E-state index in [1.54, 1.807) is 4.68 Å². The van der Waals surface area contributed by atoms with Crippen LogP contribution in [0.1, 0.15) is 38.2 Å². The summed E-state index contributed by atoms with van der Waals surface area (Å²) in [5.41, 5.74) is 0.913. The fourth-order valence-corrected chi connectivity index (χ4v) is 1.62. The van der Waals surface area contributed by atoms with Crippen LogP contribution in [0.3, 0.4) is 0 Å². The van der Waals surface area contributed by atoms with Crippen molar-refractivity contribution in [2.75, 3.05) is 6.54 Å². The first-order chi connectivity index (χ1) is 9.17. The average Bonchev–Trinajstić information content (AvgIpc) is 2.99. The first-order valence-electron chi connectivity index (χ1n) is 6.58. The van der Waals surface area contributed by atoms with Crippen LogP contribution in [-0.4, -0.2) is 31.7 Å². The minimum atomic E-state index is 0.462. The quantitative estimate of drug-likeness (QED) is 0.804. The minimum absolute atomic E-state index is 0.462. The molecule has 7 nitrogen and oxygen atoms in total. The molecular weight excluding hydrogens is 244 g/mol. The molecule has 0 unspecified atom stereocenters. The van der Waals surface area contributed by atoms with Gasteiger partial charge in [-0.15, -0.1) is 15.3 Å². The maximum atomic E-state index is 5.43. The van der Waals surface area contributed by atoms with E-state index in [-0.39, 0.29) is 0 Å². The van der Waals surface area contributed by atoms with Gasteiger partial charge in [0.1, 0.15) is 6.54 Å². The van der Waals surface area contributed by atoms with E-state index in [1.165, 1.54) is 0 Å². The number of nitrogens with one attached hydrogen (secondary N) is 1. The van der Waals surface area contributed by atoms with Gasteiger partial charge in [0.05, 0.1) is 11.9 Å². The Kier molecular flexibility index (Phi) is 4.62. The normalized spacial score (nSPS) is 11.4. The minimum Gasteiger partial charge on any atom is -0.423 e. The third kappa shape index (κ3) is 4.13. The van der Waals surface area contributed by atoms with E-state index in [4.69, 9.17) is 4.42 Å². The lowest BCUT2D eigenvalue weighted by Crippen LogP contribution is -2.19. The molecule has 2 aromatic rings. The topological polar surface area (TPSA) is 81.7 Å². The number of hydrogen-bond donors (Lipinski definition) is 1. The molecule has 0 spiro atoms. The Morgan fingerprint density at radius 2 is 2.05 bits per heavy atom. The fraction of sp³-hybridized carbons (Fsp3) is 0.667. The molecule has 0 radical (unpaired) electrons. The second-order valence-corrected chi connectivity index (χ2v) is 4.88. The van der Waals surface area contributed by atoms with E-state index in [0.29, 0.717) is 24.2 Å². The highest BCUT2D eigenvalue weighted by molar-refractivity contribution is 4.93. The Bertz CT molecular complexity index is 504. The van der Waals surface area contributed by atoms with E-state index in [0.717, 1.165) is 25.2 Å². The van der Waals surface area contributed by atoms with Gasteiger partial charge in [-0.1, -0.05) is 26.0 Å². The summed E-state index contributed by atoms with van der Waals surface area (Å²) in [6.45, 7) is 8.48. The SMILES string of the molecule is CCc1nnc(Cn2cc(CNCC(C)C)nn2)o1. The van der Waals surface area contributed by atoms with E-state index in [2.05, 4.69) is 39.7 Å². The van der Waals surface area contributed by atoms with E-state index in [1.807, 2.05) is 13.1 Å². The van der Waals surface area contributed by atoms with Gasteiger partial charge in [0.25, 0.3) is 0 Å². The summed E-state index contributed by atoms with van der Waals surface area (Å²) in [5.74, 6) is 1.83. The summed E-state index contributed by atoms with van der Waals surface area (Å²) in [6, 6.07) is 0. The molecule has 0 aliphatic heterocycles. The Morgan fingerprint density at radius 1 is 1.26 bits per heavy atom. The van der Waals surface area contributed by atoms with Crippen molar-refractivity contribution in [3.8, 4) is 0 Å². The van der Waals surface area contributed by atoms with Gasteiger partial charge in [-0.2, -0.15) is 0 Å². The zero-order chi connectivity index (χ0) is 13.7. The second-order valence-electron chi connectivity index (χ2n) is 4.88. The lowest BCUT2D eigenvalue weighted by atomic mass is 10.2. The van der Waals surface area contributed by atoms with Crippen molar-refractivity contribution in [1.82, 2.24) is 30.5 Å². The van der Waals surface area contributed by atoms with Gasteiger partial charge in [-0.05, 0) is 12.5 Å². The summed E-state index contributed by atoms with van der Waals surface area (Å²) in [6.07, 6.45) is 2.64. The Labute approximate surface area is 112 Å². The molecule has 0 saturated carbocycles. The smallest absolute Gasteiger partial charge is 0.237 e. The van der Waals surface area contributed by atoms with Gasteiger partial charge in [-0.3, -0.25) is 0 Å². The molecule has 7 heteroatoms. The summed E-state index contributed by atoms with van der Waals surface area (Å²) in [5, 5.41) is 19.3. The lowest BCUT2D eigenvalue weighted by Gasteiger charge is -2.04. The van der Waals surface area contributed by atoms with Gasteiger partial charge in [0.15, 0.2) is 0 Å². The van der Waals surface area contributed by atoms with Gasteiger partial charge < -0.3 is 9.73 Å². The molecule has 0 amide bonds. The largest absolute Gasteiger partial charge is 0.423 e. The van der Waals surface area contributed by atoms with Gasteiger partial charge in [-0.25, -0.2) is 4.68 Å². The highest BCUT2D eigenvalue weighted by Gasteiger charge is 2.07. The van der Waals surface area contributed by atoms with Gasteiger partial charge in [0, 0.05) is 13.0 Å². The van der Waals surface area contributed by atoms with Crippen molar-refractivity contribution in [2.45, 2.75) is 40.3 Å². The molecule has 0 fully saturated rings. The highest BCUT2D eigenvalue weighted by atomic mass is 16.4. The van der Waals surface area contributed by atoms with E-state index >= 15 is 0 Å². The van der Waals surface area contributed by atoms with Crippen LogP contribution in [0, 0.1) is 5.92 Å². The third-order valence-corrected chi connectivity index (χ3v) is 2.55. The Morgan fingerprint density at radius 3 is 2.74 bits per heavy atom. The van der Waals surface area contributed by atoms with Gasteiger partial charge >= 0.3 is 0 Å². The Balaban J connectivity index is 1.86. The zero-order valence-electron chi connectivity index (χ0n) is 11.6. The molecule has 0 atom stereocenters. The van der Waals surface area contributed by atoms with Crippen LogP contribution in [0.5, 0.6) is 0 Å². The third-order valence-electron chi connectivity index (χ3n) is 2.55. The van der Waals surface area contributed by atoms with E-state index in [9.17, 15) is 0 Å². The monoisotopic (exact) mass is 264 g/mol. The van der Waals surface area contributed by atoms with E-state index < -0.39 is 0 Å². The number of rotatable bonds is 7. The molecule has 0 aromatic carbocycles. The van der Waals surface area contributed by atoms with Crippen molar-refractivity contribution in [2.24, 2.45) is 5.92 Å². The molecule has 19 heavy (non-hydrogen) atoms. The number of aryl methyl sites for hydroxylation is 1. The predicted molar refractivity (Wildman–Crippen MR) is 69.3 cm³/mol. The zero-order valence-corrected chi connectivity index (χ0v) is 11.6. The van der Waals surface area contributed by atoms with Crippen molar-refractivity contribution in [3.63, 3.8) is 0 Å². The summed E-state index contributed by atoms with van der Waals surface area (Å²) in [4.78, 5) is 0. The molecule has 2 aromatic heterocycles. The van der Waals surface area contributed by atoms with Crippen LogP contribution in [0.4, 0.5) is 0 Å².